The van der Waals surface area contributed by atoms with Gasteiger partial charge in [-0.3, -0.25) is 4.21 Å². The molecule has 0 unspecified atom stereocenters. The molecule has 126 valence electrons. The summed E-state index contributed by atoms with van der Waals surface area (Å²) in [7, 11) is -1.31. The summed E-state index contributed by atoms with van der Waals surface area (Å²) in [5.74, 6) is 0.912. The van der Waals surface area contributed by atoms with Crippen LogP contribution in [0.4, 0.5) is 13.2 Å². The first kappa shape index (κ1) is 17.5. The highest BCUT2D eigenvalue weighted by atomic mass is 32.2. The Hall–Kier alpha value is -1.83. The van der Waals surface area contributed by atoms with Gasteiger partial charge in [-0.15, -0.1) is 13.2 Å². The minimum absolute atomic E-state index is 0.149. The van der Waals surface area contributed by atoms with Crippen LogP contribution in [0.2, 0.25) is 0 Å². The second-order valence-electron chi connectivity index (χ2n) is 5.03. The van der Waals surface area contributed by atoms with Gasteiger partial charge in [-0.05, 0) is 38.5 Å². The number of hydrogen-bond acceptors (Lipinski definition) is 4. The van der Waals surface area contributed by atoms with Crippen molar-refractivity contribution in [3.8, 4) is 5.75 Å². The van der Waals surface area contributed by atoms with Crippen LogP contribution in [0.3, 0.4) is 0 Å². The molecule has 8 heteroatoms. The zero-order valence-corrected chi connectivity index (χ0v) is 13.6. The van der Waals surface area contributed by atoms with Crippen LogP contribution in [-0.2, 0) is 16.6 Å². The smallest absolute Gasteiger partial charge is 0.445 e. The number of nitrogens with zero attached hydrogens (tertiary/aromatic N) is 1. The van der Waals surface area contributed by atoms with E-state index in [9.17, 15) is 17.4 Å². The molecule has 0 N–H and O–H groups in total. The monoisotopic (exact) mass is 347 g/mol. The zero-order valence-electron chi connectivity index (χ0n) is 12.8. The third kappa shape index (κ3) is 4.82. The lowest BCUT2D eigenvalue weighted by atomic mass is 10.2. The van der Waals surface area contributed by atoms with Crippen LogP contribution in [0.5, 0.6) is 5.75 Å². The Labute approximate surface area is 134 Å². The second-order valence-corrected chi connectivity index (χ2v) is 6.79. The molecule has 0 amide bonds. The average Bonchev–Trinajstić information content (AvgIpc) is 2.75. The Balaban J connectivity index is 2.04. The maximum Gasteiger partial charge on any atom is 0.573 e. The molecule has 0 aliphatic carbocycles. The predicted molar refractivity (Wildman–Crippen MR) is 79.4 cm³/mol. The summed E-state index contributed by atoms with van der Waals surface area (Å²) in [5.41, 5.74) is 1.40. The van der Waals surface area contributed by atoms with Crippen molar-refractivity contribution in [2.45, 2.75) is 38.1 Å². The molecular formula is C15H16F3NO3S. The maximum atomic E-state index is 12.3. The normalized spacial score (nSPS) is 14.5. The summed E-state index contributed by atoms with van der Waals surface area (Å²) in [4.78, 5) is 4.18. The SMILES string of the molecule is Cc1nc(C[S@](=O)[C@@H](C)c2ccc(OC(F)(F)F)cc2)oc1C. The highest BCUT2D eigenvalue weighted by Gasteiger charge is 2.31. The molecule has 1 heterocycles. The lowest BCUT2D eigenvalue weighted by molar-refractivity contribution is -0.274. The molecule has 0 fully saturated rings. The van der Waals surface area contributed by atoms with Crippen molar-refractivity contribution in [1.82, 2.24) is 4.98 Å². The van der Waals surface area contributed by atoms with E-state index in [2.05, 4.69) is 9.72 Å². The summed E-state index contributed by atoms with van der Waals surface area (Å²) >= 11 is 0. The molecule has 1 aromatic heterocycles. The molecule has 1 aromatic carbocycles. The number of oxazole rings is 1. The third-order valence-electron chi connectivity index (χ3n) is 3.32. The van der Waals surface area contributed by atoms with E-state index < -0.39 is 17.2 Å². The molecule has 2 atom stereocenters. The summed E-state index contributed by atoms with van der Waals surface area (Å²) in [6, 6.07) is 5.34. The third-order valence-corrected chi connectivity index (χ3v) is 4.91. The molecule has 0 radical (unpaired) electrons. The van der Waals surface area contributed by atoms with E-state index in [4.69, 9.17) is 4.42 Å². The Morgan fingerprint density at radius 3 is 2.35 bits per heavy atom. The number of rotatable bonds is 5. The number of halogens is 3. The Kier molecular flexibility index (Phi) is 5.13. The van der Waals surface area contributed by atoms with E-state index in [1.807, 2.05) is 0 Å². The van der Waals surface area contributed by atoms with Crippen molar-refractivity contribution in [2.24, 2.45) is 0 Å². The zero-order chi connectivity index (χ0) is 17.2. The number of hydrogen-bond donors (Lipinski definition) is 0. The second kappa shape index (κ2) is 6.74. The lowest BCUT2D eigenvalue weighted by Gasteiger charge is -2.13. The minimum Gasteiger partial charge on any atom is -0.445 e. The first-order chi connectivity index (χ1) is 10.7. The van der Waals surface area contributed by atoms with Gasteiger partial charge in [-0.1, -0.05) is 12.1 Å². The van der Waals surface area contributed by atoms with Crippen LogP contribution < -0.4 is 4.74 Å². The summed E-state index contributed by atoms with van der Waals surface area (Å²) in [6.07, 6.45) is -4.73. The standard InChI is InChI=1S/C15H16F3NO3S/c1-9-10(2)21-14(19-9)8-23(20)11(3)12-4-6-13(7-5-12)22-15(16,17)18/h4-7,11H,8H2,1-3H3/t11-,23-/m0/s1. The maximum absolute atomic E-state index is 12.3. The molecular weight excluding hydrogens is 331 g/mol. The highest BCUT2D eigenvalue weighted by molar-refractivity contribution is 7.84. The van der Waals surface area contributed by atoms with Gasteiger partial charge in [-0.25, -0.2) is 4.98 Å². The lowest BCUT2D eigenvalue weighted by Crippen LogP contribution is -2.17. The summed E-state index contributed by atoms with van der Waals surface area (Å²) < 4.78 is 57.9. The van der Waals surface area contributed by atoms with E-state index in [0.717, 1.165) is 5.69 Å². The Bertz CT molecular complexity index is 675. The molecule has 0 aliphatic heterocycles. The molecule has 4 nitrogen and oxygen atoms in total. The summed E-state index contributed by atoms with van der Waals surface area (Å²) in [5, 5.41) is -0.373. The molecule has 2 aromatic rings. The molecule has 0 aliphatic rings. The van der Waals surface area contributed by atoms with Crippen LogP contribution in [-0.4, -0.2) is 15.6 Å². The highest BCUT2D eigenvalue weighted by Crippen LogP contribution is 2.27. The molecule has 2 rings (SSSR count). The minimum atomic E-state index is -4.73. The van der Waals surface area contributed by atoms with Crippen LogP contribution in [0.25, 0.3) is 0 Å². The van der Waals surface area contributed by atoms with E-state index in [1.54, 1.807) is 20.8 Å². The van der Waals surface area contributed by atoms with Gasteiger partial charge in [0.1, 0.15) is 17.3 Å². The largest absolute Gasteiger partial charge is 0.573 e. The average molecular weight is 347 g/mol. The number of aromatic nitrogens is 1. The quantitative estimate of drug-likeness (QED) is 0.813. The van der Waals surface area contributed by atoms with E-state index >= 15 is 0 Å². The van der Waals surface area contributed by atoms with Crippen LogP contribution in [0.1, 0.15) is 35.1 Å². The van der Waals surface area contributed by atoms with Gasteiger partial charge in [0, 0.05) is 10.8 Å². The van der Waals surface area contributed by atoms with Gasteiger partial charge in [-0.2, -0.15) is 0 Å². The number of aryl methyl sites for hydroxylation is 2. The van der Waals surface area contributed by atoms with Crippen molar-refractivity contribution >= 4 is 10.8 Å². The van der Waals surface area contributed by atoms with Crippen LogP contribution >= 0.6 is 0 Å². The van der Waals surface area contributed by atoms with Gasteiger partial charge in [0.15, 0.2) is 0 Å². The molecule has 0 saturated carbocycles. The van der Waals surface area contributed by atoms with Crippen molar-refractivity contribution in [2.75, 3.05) is 0 Å². The molecule has 0 saturated heterocycles. The Morgan fingerprint density at radius 1 is 1.26 bits per heavy atom. The number of ether oxygens (including phenoxy) is 1. The van der Waals surface area contributed by atoms with Crippen molar-refractivity contribution in [3.63, 3.8) is 0 Å². The molecule has 23 heavy (non-hydrogen) atoms. The Morgan fingerprint density at radius 2 is 1.87 bits per heavy atom. The fourth-order valence-electron chi connectivity index (χ4n) is 1.94. The van der Waals surface area contributed by atoms with Crippen LogP contribution in [0.15, 0.2) is 28.7 Å². The van der Waals surface area contributed by atoms with Crippen molar-refractivity contribution in [3.05, 3.63) is 47.2 Å². The van der Waals surface area contributed by atoms with E-state index in [1.165, 1.54) is 24.3 Å². The molecule has 0 bridgehead atoms. The first-order valence-electron chi connectivity index (χ1n) is 6.81. The van der Waals surface area contributed by atoms with Gasteiger partial charge in [0.25, 0.3) is 0 Å². The molecule has 0 spiro atoms. The van der Waals surface area contributed by atoms with E-state index in [-0.39, 0.29) is 16.8 Å². The fourth-order valence-corrected chi connectivity index (χ4v) is 3.02. The fraction of sp³-hybridized carbons (Fsp3) is 0.400. The topological polar surface area (TPSA) is 52.3 Å². The predicted octanol–water partition coefficient (Wildman–Crippen LogP) is 4.20. The van der Waals surface area contributed by atoms with Gasteiger partial charge < -0.3 is 9.15 Å². The number of benzene rings is 1. The first-order valence-corrected chi connectivity index (χ1v) is 8.19. The summed E-state index contributed by atoms with van der Waals surface area (Å²) in [6.45, 7) is 5.31. The van der Waals surface area contributed by atoms with Gasteiger partial charge in [0.2, 0.25) is 5.89 Å². The number of alkyl halides is 3. The van der Waals surface area contributed by atoms with E-state index in [0.29, 0.717) is 17.2 Å². The van der Waals surface area contributed by atoms with Gasteiger partial charge in [0.05, 0.1) is 10.9 Å². The van der Waals surface area contributed by atoms with Crippen molar-refractivity contribution in [1.29, 1.82) is 0 Å². The van der Waals surface area contributed by atoms with Gasteiger partial charge >= 0.3 is 6.36 Å². The van der Waals surface area contributed by atoms with Crippen molar-refractivity contribution < 1.29 is 26.5 Å². The van der Waals surface area contributed by atoms with Crippen LogP contribution in [0, 0.1) is 13.8 Å².